The Bertz CT molecular complexity index is 573. The topological polar surface area (TPSA) is 63.7 Å². The van der Waals surface area contributed by atoms with Gasteiger partial charge in [0, 0.05) is 0 Å². The van der Waals surface area contributed by atoms with Crippen LogP contribution in [0, 0.1) is 5.92 Å². The lowest BCUT2D eigenvalue weighted by Gasteiger charge is -2.28. The van der Waals surface area contributed by atoms with Gasteiger partial charge < -0.3 is 4.74 Å². The van der Waals surface area contributed by atoms with E-state index in [1.165, 1.54) is 7.11 Å². The number of amides is 2. The van der Waals surface area contributed by atoms with E-state index in [0.717, 1.165) is 4.90 Å². The standard InChI is InChI=1S/C16H17NO4/c1-4-7-10(2)13(16(20)21-3)17-14(18)11-8-5-6-9-12(11)15(17)19/h4-6,8-10,13H,1,7H2,2-3H3/t10-,13-/m0/s1. The fraction of sp³-hybridized carbons (Fsp3) is 0.312. The summed E-state index contributed by atoms with van der Waals surface area (Å²) < 4.78 is 4.77. The number of benzene rings is 1. The molecular formula is C16H17NO4. The summed E-state index contributed by atoms with van der Waals surface area (Å²) in [6.07, 6.45) is 2.14. The van der Waals surface area contributed by atoms with Crippen LogP contribution >= 0.6 is 0 Å². The minimum absolute atomic E-state index is 0.267. The normalized spacial score (nSPS) is 16.4. The molecule has 2 atom stereocenters. The van der Waals surface area contributed by atoms with Gasteiger partial charge in [0.15, 0.2) is 0 Å². The summed E-state index contributed by atoms with van der Waals surface area (Å²) in [4.78, 5) is 38.0. The molecule has 0 unspecified atom stereocenters. The van der Waals surface area contributed by atoms with E-state index in [9.17, 15) is 14.4 Å². The van der Waals surface area contributed by atoms with Crippen LogP contribution in [0.1, 0.15) is 34.1 Å². The first kappa shape index (κ1) is 15.0. The van der Waals surface area contributed by atoms with E-state index >= 15 is 0 Å². The third kappa shape index (κ3) is 2.46. The Morgan fingerprint density at radius 2 is 1.81 bits per heavy atom. The van der Waals surface area contributed by atoms with Gasteiger partial charge in [-0.1, -0.05) is 25.1 Å². The number of methoxy groups -OCH3 is 1. The molecule has 5 heteroatoms. The Morgan fingerprint density at radius 3 is 2.24 bits per heavy atom. The molecule has 0 bridgehead atoms. The van der Waals surface area contributed by atoms with Crippen LogP contribution in [0.3, 0.4) is 0 Å². The van der Waals surface area contributed by atoms with E-state index in [0.29, 0.717) is 17.5 Å². The number of imide groups is 1. The van der Waals surface area contributed by atoms with Crippen molar-refractivity contribution >= 4 is 17.8 Å². The number of carbonyl (C=O) groups excluding carboxylic acids is 3. The summed E-state index contributed by atoms with van der Waals surface area (Å²) in [7, 11) is 1.24. The van der Waals surface area contributed by atoms with Gasteiger partial charge in [0.25, 0.3) is 11.8 Å². The molecule has 21 heavy (non-hydrogen) atoms. The highest BCUT2D eigenvalue weighted by molar-refractivity contribution is 6.22. The number of hydrogen-bond donors (Lipinski definition) is 0. The van der Waals surface area contributed by atoms with Gasteiger partial charge in [0.05, 0.1) is 18.2 Å². The molecule has 1 heterocycles. The quantitative estimate of drug-likeness (QED) is 0.472. The molecule has 0 saturated heterocycles. The van der Waals surface area contributed by atoms with Crippen LogP contribution in [0.4, 0.5) is 0 Å². The van der Waals surface area contributed by atoms with Crippen LogP contribution in [-0.4, -0.2) is 35.8 Å². The van der Waals surface area contributed by atoms with Crippen molar-refractivity contribution in [3.8, 4) is 0 Å². The van der Waals surface area contributed by atoms with Gasteiger partial charge in [-0.3, -0.25) is 14.5 Å². The smallest absolute Gasteiger partial charge is 0.329 e. The molecule has 2 rings (SSSR count). The van der Waals surface area contributed by atoms with E-state index < -0.39 is 23.8 Å². The summed E-state index contributed by atoms with van der Waals surface area (Å²) in [6, 6.07) is 5.60. The molecule has 110 valence electrons. The Kier molecular flexibility index (Phi) is 4.21. The zero-order valence-corrected chi connectivity index (χ0v) is 12.0. The lowest BCUT2D eigenvalue weighted by atomic mass is 9.96. The van der Waals surface area contributed by atoms with Crippen LogP contribution in [0.5, 0.6) is 0 Å². The lowest BCUT2D eigenvalue weighted by molar-refractivity contribution is -0.146. The molecule has 0 saturated carbocycles. The van der Waals surface area contributed by atoms with Crippen LogP contribution < -0.4 is 0 Å². The van der Waals surface area contributed by atoms with E-state index in [1.54, 1.807) is 37.3 Å². The SMILES string of the molecule is C=CC[C@H](C)[C@@H](C(=O)OC)N1C(=O)c2ccccc2C1=O. The fourth-order valence-corrected chi connectivity index (χ4v) is 2.57. The maximum Gasteiger partial charge on any atom is 0.329 e. The van der Waals surface area contributed by atoms with Crippen molar-refractivity contribution in [3.05, 3.63) is 48.0 Å². The van der Waals surface area contributed by atoms with Crippen molar-refractivity contribution in [2.75, 3.05) is 7.11 Å². The van der Waals surface area contributed by atoms with Crippen LogP contribution in [-0.2, 0) is 9.53 Å². The third-order valence-corrected chi connectivity index (χ3v) is 3.62. The van der Waals surface area contributed by atoms with Crippen LogP contribution in [0.2, 0.25) is 0 Å². The minimum Gasteiger partial charge on any atom is -0.467 e. The lowest BCUT2D eigenvalue weighted by Crippen LogP contribution is -2.49. The summed E-state index contributed by atoms with van der Waals surface area (Å²) in [5.74, 6) is -1.78. The second-order valence-electron chi connectivity index (χ2n) is 5.00. The van der Waals surface area contributed by atoms with Crippen molar-refractivity contribution in [2.45, 2.75) is 19.4 Å². The molecular weight excluding hydrogens is 270 g/mol. The van der Waals surface area contributed by atoms with Crippen LogP contribution in [0.25, 0.3) is 0 Å². The molecule has 0 fully saturated rings. The molecule has 1 aromatic carbocycles. The zero-order chi connectivity index (χ0) is 15.6. The summed E-state index contributed by atoms with van der Waals surface area (Å²) in [6.45, 7) is 5.42. The average Bonchev–Trinajstić information content (AvgIpc) is 2.73. The Hall–Kier alpha value is -2.43. The van der Waals surface area contributed by atoms with Gasteiger partial charge in [0.1, 0.15) is 6.04 Å². The minimum atomic E-state index is -0.944. The molecule has 0 N–H and O–H groups in total. The van der Waals surface area contributed by atoms with Gasteiger partial charge in [-0.2, -0.15) is 0 Å². The summed E-state index contributed by atoms with van der Waals surface area (Å²) in [5, 5.41) is 0. The highest BCUT2D eigenvalue weighted by Crippen LogP contribution is 2.28. The number of rotatable bonds is 5. The van der Waals surface area contributed by atoms with Crippen LogP contribution in [0.15, 0.2) is 36.9 Å². The second-order valence-corrected chi connectivity index (χ2v) is 5.00. The van der Waals surface area contributed by atoms with Gasteiger partial charge in [-0.25, -0.2) is 4.79 Å². The number of fused-ring (bicyclic) bond motifs is 1. The fourth-order valence-electron chi connectivity index (χ4n) is 2.57. The number of ether oxygens (including phenoxy) is 1. The Balaban J connectivity index is 2.43. The first-order valence-electron chi connectivity index (χ1n) is 6.68. The molecule has 1 aromatic rings. The monoisotopic (exact) mass is 287 g/mol. The molecule has 1 aliphatic heterocycles. The van der Waals surface area contributed by atoms with E-state index in [1.807, 2.05) is 0 Å². The third-order valence-electron chi connectivity index (χ3n) is 3.62. The summed E-state index contributed by atoms with van der Waals surface area (Å²) >= 11 is 0. The number of esters is 1. The Labute approximate surface area is 123 Å². The zero-order valence-electron chi connectivity index (χ0n) is 12.0. The number of nitrogens with zero attached hydrogens (tertiary/aromatic N) is 1. The van der Waals surface area contributed by atoms with Crippen molar-refractivity contribution in [2.24, 2.45) is 5.92 Å². The van der Waals surface area contributed by atoms with Gasteiger partial charge in [-0.05, 0) is 24.5 Å². The highest BCUT2D eigenvalue weighted by atomic mass is 16.5. The first-order valence-corrected chi connectivity index (χ1v) is 6.68. The largest absolute Gasteiger partial charge is 0.467 e. The molecule has 0 spiro atoms. The first-order chi connectivity index (χ1) is 10.0. The molecule has 0 aromatic heterocycles. The predicted octanol–water partition coefficient (Wildman–Crippen LogP) is 2.04. The molecule has 5 nitrogen and oxygen atoms in total. The Morgan fingerprint density at radius 1 is 1.29 bits per heavy atom. The maximum atomic E-state index is 12.4. The second kappa shape index (κ2) is 5.91. The van der Waals surface area contributed by atoms with E-state index in [2.05, 4.69) is 6.58 Å². The molecule has 2 amide bonds. The molecule has 1 aliphatic rings. The van der Waals surface area contributed by atoms with Gasteiger partial charge in [0.2, 0.25) is 0 Å². The van der Waals surface area contributed by atoms with Crippen molar-refractivity contribution in [1.29, 1.82) is 0 Å². The molecule has 0 aliphatic carbocycles. The predicted molar refractivity (Wildman–Crippen MR) is 76.7 cm³/mol. The average molecular weight is 287 g/mol. The molecule has 0 radical (unpaired) electrons. The highest BCUT2D eigenvalue weighted by Gasteiger charge is 2.45. The van der Waals surface area contributed by atoms with E-state index in [-0.39, 0.29) is 5.92 Å². The maximum absolute atomic E-state index is 12.4. The number of carbonyl (C=O) groups is 3. The number of allylic oxidation sites excluding steroid dienone is 1. The van der Waals surface area contributed by atoms with Gasteiger partial charge in [-0.15, -0.1) is 6.58 Å². The van der Waals surface area contributed by atoms with Crippen molar-refractivity contribution in [1.82, 2.24) is 4.90 Å². The van der Waals surface area contributed by atoms with E-state index in [4.69, 9.17) is 4.74 Å². The van der Waals surface area contributed by atoms with Crippen molar-refractivity contribution < 1.29 is 19.1 Å². The van der Waals surface area contributed by atoms with Crippen molar-refractivity contribution in [3.63, 3.8) is 0 Å². The van der Waals surface area contributed by atoms with Gasteiger partial charge >= 0.3 is 5.97 Å². The number of hydrogen-bond acceptors (Lipinski definition) is 4. The summed E-state index contributed by atoms with van der Waals surface area (Å²) in [5.41, 5.74) is 0.643.